The number of hydrogen-bond donors (Lipinski definition) is 2. The molecule has 0 atom stereocenters. The molecular weight excluding hydrogens is 282 g/mol. The van der Waals surface area contributed by atoms with Crippen LogP contribution < -0.4 is 11.1 Å². The van der Waals surface area contributed by atoms with Crippen LogP contribution in [0.4, 0.5) is 5.69 Å². The van der Waals surface area contributed by atoms with E-state index in [2.05, 4.69) is 15.3 Å². The monoisotopic (exact) mass is 299 g/mol. The lowest BCUT2D eigenvalue weighted by Crippen LogP contribution is -2.33. The maximum absolute atomic E-state index is 10.6. The number of nitro benzene ring substituents is 1. The van der Waals surface area contributed by atoms with Crippen molar-refractivity contribution >= 4 is 11.6 Å². The Morgan fingerprint density at radius 1 is 1.27 bits per heavy atom. The molecule has 0 amide bonds. The number of non-ortho nitro benzene ring substituents is 1. The van der Waals surface area contributed by atoms with Gasteiger partial charge in [0.15, 0.2) is 5.96 Å². The van der Waals surface area contributed by atoms with E-state index in [4.69, 9.17) is 5.73 Å². The zero-order valence-electron chi connectivity index (χ0n) is 12.0. The van der Waals surface area contributed by atoms with Crippen LogP contribution in [0, 0.1) is 10.1 Å². The van der Waals surface area contributed by atoms with Gasteiger partial charge in [0.1, 0.15) is 0 Å². The molecule has 0 saturated heterocycles. The van der Waals surface area contributed by atoms with Crippen LogP contribution in [0.3, 0.4) is 0 Å². The van der Waals surface area contributed by atoms with Gasteiger partial charge in [0.2, 0.25) is 0 Å². The van der Waals surface area contributed by atoms with Gasteiger partial charge in [-0.2, -0.15) is 0 Å². The molecule has 0 aliphatic rings. The van der Waals surface area contributed by atoms with E-state index in [9.17, 15) is 10.1 Å². The summed E-state index contributed by atoms with van der Waals surface area (Å²) < 4.78 is 0. The first kappa shape index (κ1) is 15.4. The molecule has 1 heterocycles. The van der Waals surface area contributed by atoms with Crippen LogP contribution in [0.5, 0.6) is 0 Å². The van der Waals surface area contributed by atoms with Crippen LogP contribution in [0.1, 0.15) is 11.3 Å². The summed E-state index contributed by atoms with van der Waals surface area (Å²) in [6, 6.07) is 12.0. The maximum Gasteiger partial charge on any atom is 0.269 e. The predicted molar refractivity (Wildman–Crippen MR) is 84.4 cm³/mol. The highest BCUT2D eigenvalue weighted by Gasteiger charge is 2.03. The van der Waals surface area contributed by atoms with Crippen molar-refractivity contribution < 1.29 is 4.92 Å². The van der Waals surface area contributed by atoms with Crippen molar-refractivity contribution in [1.29, 1.82) is 0 Å². The molecule has 0 saturated carbocycles. The molecule has 0 unspecified atom stereocenters. The fraction of sp³-hybridized carbons (Fsp3) is 0.200. The number of aromatic nitrogens is 1. The van der Waals surface area contributed by atoms with E-state index in [1.54, 1.807) is 18.3 Å². The van der Waals surface area contributed by atoms with Crippen LogP contribution in [0.2, 0.25) is 0 Å². The summed E-state index contributed by atoms with van der Waals surface area (Å²) in [4.78, 5) is 18.5. The molecule has 0 bridgehead atoms. The second kappa shape index (κ2) is 7.72. The maximum atomic E-state index is 10.6. The average molecular weight is 299 g/mol. The van der Waals surface area contributed by atoms with Gasteiger partial charge in [0.25, 0.3) is 5.69 Å². The fourth-order valence-electron chi connectivity index (χ4n) is 1.82. The third-order valence-corrected chi connectivity index (χ3v) is 2.99. The molecule has 0 spiro atoms. The average Bonchev–Trinajstić information content (AvgIpc) is 2.54. The molecule has 2 aromatic rings. The molecule has 1 aromatic carbocycles. The highest BCUT2D eigenvalue weighted by atomic mass is 16.6. The Labute approximate surface area is 128 Å². The smallest absolute Gasteiger partial charge is 0.269 e. The van der Waals surface area contributed by atoms with Crippen molar-refractivity contribution in [3.05, 3.63) is 70.0 Å². The van der Waals surface area contributed by atoms with E-state index in [1.165, 1.54) is 12.1 Å². The third kappa shape index (κ3) is 4.86. The second-order valence-corrected chi connectivity index (χ2v) is 4.62. The third-order valence-electron chi connectivity index (χ3n) is 2.99. The van der Waals surface area contributed by atoms with E-state index in [1.807, 2.05) is 18.2 Å². The van der Waals surface area contributed by atoms with E-state index >= 15 is 0 Å². The van der Waals surface area contributed by atoms with E-state index in [-0.39, 0.29) is 5.69 Å². The fourth-order valence-corrected chi connectivity index (χ4v) is 1.82. The highest BCUT2D eigenvalue weighted by molar-refractivity contribution is 5.77. The SMILES string of the molecule is NC(=NCc1ccc([N+](=O)[O-])cc1)NCCc1ccccn1. The number of guanidine groups is 1. The first-order chi connectivity index (χ1) is 10.6. The molecule has 0 fully saturated rings. The topological polar surface area (TPSA) is 106 Å². The Morgan fingerprint density at radius 2 is 2.05 bits per heavy atom. The first-order valence-electron chi connectivity index (χ1n) is 6.82. The molecule has 0 aliphatic heterocycles. The molecule has 7 nitrogen and oxygen atoms in total. The number of aliphatic imine (C=N–C) groups is 1. The lowest BCUT2D eigenvalue weighted by Gasteiger charge is -2.05. The van der Waals surface area contributed by atoms with Gasteiger partial charge in [-0.3, -0.25) is 15.1 Å². The number of rotatable bonds is 6. The quantitative estimate of drug-likeness (QED) is 0.365. The number of nitrogens with two attached hydrogens (primary N) is 1. The zero-order valence-corrected chi connectivity index (χ0v) is 12.0. The van der Waals surface area contributed by atoms with Crippen LogP contribution >= 0.6 is 0 Å². The van der Waals surface area contributed by atoms with E-state index in [0.717, 1.165) is 17.7 Å². The standard InChI is InChI=1S/C15H17N5O2/c16-15(18-10-8-13-3-1-2-9-17-13)19-11-12-4-6-14(7-5-12)20(21)22/h1-7,9H,8,10-11H2,(H3,16,18,19). The molecule has 0 radical (unpaired) electrons. The number of nitro groups is 1. The van der Waals surface area contributed by atoms with Gasteiger partial charge >= 0.3 is 0 Å². The number of nitrogens with zero attached hydrogens (tertiary/aromatic N) is 3. The van der Waals surface area contributed by atoms with Gasteiger partial charge in [0.05, 0.1) is 11.5 Å². The largest absolute Gasteiger partial charge is 0.370 e. The Morgan fingerprint density at radius 3 is 2.68 bits per heavy atom. The van der Waals surface area contributed by atoms with Crippen molar-refractivity contribution in [1.82, 2.24) is 10.3 Å². The highest BCUT2D eigenvalue weighted by Crippen LogP contribution is 2.12. The van der Waals surface area contributed by atoms with Crippen LogP contribution in [0.15, 0.2) is 53.7 Å². The van der Waals surface area contributed by atoms with Crippen molar-refractivity contribution in [2.75, 3.05) is 6.54 Å². The van der Waals surface area contributed by atoms with Crippen molar-refractivity contribution in [2.45, 2.75) is 13.0 Å². The summed E-state index contributed by atoms with van der Waals surface area (Å²) in [5.74, 6) is 0.342. The van der Waals surface area contributed by atoms with Gasteiger partial charge in [-0.1, -0.05) is 18.2 Å². The van der Waals surface area contributed by atoms with Crippen molar-refractivity contribution in [3.8, 4) is 0 Å². The Kier molecular flexibility index (Phi) is 5.42. The number of benzene rings is 1. The summed E-state index contributed by atoms with van der Waals surface area (Å²) in [5, 5.41) is 13.6. The summed E-state index contributed by atoms with van der Waals surface area (Å²) in [7, 11) is 0. The molecular formula is C15H17N5O2. The number of pyridine rings is 1. The van der Waals surface area contributed by atoms with Crippen LogP contribution in [0.25, 0.3) is 0 Å². The lowest BCUT2D eigenvalue weighted by molar-refractivity contribution is -0.384. The predicted octanol–water partition coefficient (Wildman–Crippen LogP) is 1.64. The minimum absolute atomic E-state index is 0.0641. The molecule has 7 heteroatoms. The summed E-state index contributed by atoms with van der Waals surface area (Å²) in [5.41, 5.74) is 7.68. The molecule has 3 N–H and O–H groups in total. The number of nitrogens with one attached hydrogen (secondary N) is 1. The minimum Gasteiger partial charge on any atom is -0.370 e. The van der Waals surface area contributed by atoms with Gasteiger partial charge in [-0.25, -0.2) is 4.99 Å². The van der Waals surface area contributed by atoms with Gasteiger partial charge in [-0.15, -0.1) is 0 Å². The van der Waals surface area contributed by atoms with Gasteiger partial charge < -0.3 is 11.1 Å². The minimum atomic E-state index is -0.430. The molecule has 2 rings (SSSR count). The van der Waals surface area contributed by atoms with Crippen molar-refractivity contribution in [3.63, 3.8) is 0 Å². The van der Waals surface area contributed by atoms with Gasteiger partial charge in [0, 0.05) is 37.0 Å². The summed E-state index contributed by atoms with van der Waals surface area (Å²) in [6.07, 6.45) is 2.51. The summed E-state index contributed by atoms with van der Waals surface area (Å²) >= 11 is 0. The van der Waals surface area contributed by atoms with E-state index in [0.29, 0.717) is 19.0 Å². The van der Waals surface area contributed by atoms with Gasteiger partial charge in [-0.05, 0) is 17.7 Å². The number of hydrogen-bond acceptors (Lipinski definition) is 4. The molecule has 22 heavy (non-hydrogen) atoms. The zero-order chi connectivity index (χ0) is 15.8. The van der Waals surface area contributed by atoms with E-state index < -0.39 is 4.92 Å². The second-order valence-electron chi connectivity index (χ2n) is 4.62. The van der Waals surface area contributed by atoms with Crippen LogP contribution in [-0.4, -0.2) is 22.4 Å². The Hall–Kier alpha value is -2.96. The van der Waals surface area contributed by atoms with Crippen molar-refractivity contribution in [2.24, 2.45) is 10.7 Å². The molecule has 0 aliphatic carbocycles. The van der Waals surface area contributed by atoms with Crippen LogP contribution in [-0.2, 0) is 13.0 Å². The molecule has 1 aromatic heterocycles. The summed E-state index contributed by atoms with van der Waals surface area (Å²) in [6.45, 7) is 1.02. The lowest BCUT2D eigenvalue weighted by atomic mass is 10.2. The molecule has 114 valence electrons. The Bertz CT molecular complexity index is 641. The normalized spacial score (nSPS) is 11.2. The first-order valence-corrected chi connectivity index (χ1v) is 6.82. The Balaban J connectivity index is 1.78.